The number of aryl methyl sites for hydroxylation is 1. The molecule has 0 saturated carbocycles. The van der Waals surface area contributed by atoms with Crippen LogP contribution in [0.2, 0.25) is 0 Å². The van der Waals surface area contributed by atoms with Gasteiger partial charge < -0.3 is 10.6 Å². The van der Waals surface area contributed by atoms with Crippen LogP contribution in [-0.2, 0) is 16.6 Å². The molecule has 3 nitrogen and oxygen atoms in total. The molecule has 1 atom stereocenters. The van der Waals surface area contributed by atoms with Gasteiger partial charge in [-0.25, -0.2) is 0 Å². The molecule has 1 saturated heterocycles. The Morgan fingerprint density at radius 1 is 1.08 bits per heavy atom. The van der Waals surface area contributed by atoms with Gasteiger partial charge >= 0.3 is 0 Å². The molecule has 4 heteroatoms. The van der Waals surface area contributed by atoms with E-state index in [0.717, 1.165) is 22.6 Å². The van der Waals surface area contributed by atoms with Gasteiger partial charge in [-0.05, 0) is 46.7 Å². The Morgan fingerprint density at radius 3 is 2.31 bits per heavy atom. The maximum atomic E-state index is 12.3. The molecule has 2 aromatic carbocycles. The van der Waals surface area contributed by atoms with E-state index in [2.05, 4.69) is 86.9 Å². The van der Waals surface area contributed by atoms with Crippen molar-refractivity contribution < 1.29 is 4.79 Å². The van der Waals surface area contributed by atoms with E-state index in [1.807, 2.05) is 6.08 Å². The van der Waals surface area contributed by atoms with E-state index in [1.165, 1.54) is 22.9 Å². The summed E-state index contributed by atoms with van der Waals surface area (Å²) in [6.45, 7) is 8.73. The molecule has 1 heterocycles. The third-order valence-corrected chi connectivity index (χ3v) is 5.49. The van der Waals surface area contributed by atoms with Gasteiger partial charge in [0.1, 0.15) is 0 Å². The van der Waals surface area contributed by atoms with Crippen molar-refractivity contribution in [2.24, 2.45) is 0 Å². The Bertz CT molecular complexity index is 802. The van der Waals surface area contributed by atoms with E-state index < -0.39 is 0 Å². The number of anilines is 1. The Morgan fingerprint density at radius 2 is 1.73 bits per heavy atom. The fourth-order valence-corrected chi connectivity index (χ4v) is 3.77. The molecule has 0 spiro atoms. The van der Waals surface area contributed by atoms with Crippen molar-refractivity contribution in [2.75, 3.05) is 5.32 Å². The van der Waals surface area contributed by atoms with Gasteiger partial charge in [-0.15, -0.1) is 0 Å². The largest absolute Gasteiger partial charge is 0.357 e. The van der Waals surface area contributed by atoms with Crippen LogP contribution in [0.4, 0.5) is 5.69 Å². The summed E-state index contributed by atoms with van der Waals surface area (Å²) in [5, 5.41) is 6.34. The Labute approximate surface area is 160 Å². The van der Waals surface area contributed by atoms with Crippen LogP contribution in [0, 0.1) is 0 Å². The number of carbonyl (C=O) groups is 1. The van der Waals surface area contributed by atoms with Crippen molar-refractivity contribution in [3.63, 3.8) is 0 Å². The molecule has 1 aliphatic rings. The quantitative estimate of drug-likeness (QED) is 0.736. The SMILES string of the molecule is CCc1ccc(N[C@@H]2NC(=O)/C(=C/c3ccc(C(C)(C)C)cc3)S2)cc1. The molecule has 3 rings (SSSR count). The zero-order valence-corrected chi connectivity index (χ0v) is 16.6. The normalized spacial score (nSPS) is 18.8. The Balaban J connectivity index is 1.67. The van der Waals surface area contributed by atoms with Crippen molar-refractivity contribution in [3.8, 4) is 0 Å². The lowest BCUT2D eigenvalue weighted by Gasteiger charge is -2.18. The lowest BCUT2D eigenvalue weighted by molar-refractivity contribution is -0.116. The number of hydrogen-bond donors (Lipinski definition) is 2. The maximum Gasteiger partial charge on any atom is 0.260 e. The van der Waals surface area contributed by atoms with Crippen LogP contribution in [0.15, 0.2) is 53.4 Å². The van der Waals surface area contributed by atoms with Crippen LogP contribution in [-0.4, -0.2) is 11.4 Å². The molecule has 136 valence electrons. The first-order valence-corrected chi connectivity index (χ1v) is 9.88. The topological polar surface area (TPSA) is 41.1 Å². The highest BCUT2D eigenvalue weighted by molar-refractivity contribution is 8.05. The lowest BCUT2D eigenvalue weighted by atomic mass is 9.87. The minimum atomic E-state index is -0.143. The van der Waals surface area contributed by atoms with Gasteiger partial charge in [-0.2, -0.15) is 0 Å². The van der Waals surface area contributed by atoms with Crippen molar-refractivity contribution >= 4 is 29.4 Å². The fourth-order valence-electron chi connectivity index (χ4n) is 2.78. The fraction of sp³-hybridized carbons (Fsp3) is 0.318. The Kier molecular flexibility index (Phi) is 5.42. The molecule has 0 unspecified atom stereocenters. The minimum absolute atomic E-state index is 0.0300. The number of rotatable bonds is 4. The molecule has 1 fully saturated rings. The number of benzene rings is 2. The van der Waals surface area contributed by atoms with Crippen molar-refractivity contribution in [2.45, 2.75) is 45.0 Å². The molecule has 0 radical (unpaired) electrons. The van der Waals surface area contributed by atoms with Gasteiger partial charge in [0.2, 0.25) is 0 Å². The van der Waals surface area contributed by atoms with Gasteiger partial charge in [0, 0.05) is 5.69 Å². The van der Waals surface area contributed by atoms with E-state index >= 15 is 0 Å². The van der Waals surface area contributed by atoms with Gasteiger partial charge in [0.15, 0.2) is 5.50 Å². The second-order valence-corrected chi connectivity index (χ2v) is 8.69. The van der Waals surface area contributed by atoms with Crippen molar-refractivity contribution in [1.82, 2.24) is 5.32 Å². The van der Waals surface area contributed by atoms with Crippen LogP contribution < -0.4 is 10.6 Å². The first-order chi connectivity index (χ1) is 12.3. The third kappa shape index (κ3) is 4.50. The van der Waals surface area contributed by atoms with E-state index in [4.69, 9.17) is 0 Å². The molecule has 2 aromatic rings. The Hall–Kier alpha value is -2.20. The first-order valence-electron chi connectivity index (χ1n) is 9.00. The number of thioether (sulfide) groups is 1. The second kappa shape index (κ2) is 7.58. The average Bonchev–Trinajstić information content (AvgIpc) is 2.94. The van der Waals surface area contributed by atoms with Crippen LogP contribution >= 0.6 is 11.8 Å². The number of nitrogens with one attached hydrogen (secondary N) is 2. The zero-order chi connectivity index (χ0) is 18.7. The number of hydrogen-bond acceptors (Lipinski definition) is 3. The summed E-state index contributed by atoms with van der Waals surface area (Å²) in [5.74, 6) is -0.0300. The molecule has 0 aliphatic carbocycles. The molecule has 2 N–H and O–H groups in total. The van der Waals surface area contributed by atoms with Crippen LogP contribution in [0.25, 0.3) is 6.08 Å². The minimum Gasteiger partial charge on any atom is -0.357 e. The van der Waals surface area contributed by atoms with E-state index in [1.54, 1.807) is 0 Å². The highest BCUT2D eigenvalue weighted by Crippen LogP contribution is 2.31. The van der Waals surface area contributed by atoms with Gasteiger partial charge in [-0.1, -0.05) is 75.9 Å². The van der Waals surface area contributed by atoms with Gasteiger partial charge in [0.05, 0.1) is 4.91 Å². The first kappa shape index (κ1) is 18.6. The highest BCUT2D eigenvalue weighted by Gasteiger charge is 2.27. The summed E-state index contributed by atoms with van der Waals surface area (Å²) in [6, 6.07) is 16.7. The van der Waals surface area contributed by atoms with Crippen molar-refractivity contribution in [1.29, 1.82) is 0 Å². The molecule has 26 heavy (non-hydrogen) atoms. The molecule has 0 bridgehead atoms. The van der Waals surface area contributed by atoms with E-state index in [0.29, 0.717) is 0 Å². The van der Waals surface area contributed by atoms with Gasteiger partial charge in [0.25, 0.3) is 5.91 Å². The third-order valence-electron chi connectivity index (χ3n) is 4.47. The molecule has 1 amide bonds. The summed E-state index contributed by atoms with van der Waals surface area (Å²) in [5.41, 5.74) is 4.64. The van der Waals surface area contributed by atoms with Crippen molar-refractivity contribution in [3.05, 3.63) is 70.1 Å². The summed E-state index contributed by atoms with van der Waals surface area (Å²) in [4.78, 5) is 13.0. The molecular formula is C22H26N2OS. The summed E-state index contributed by atoms with van der Waals surface area (Å²) < 4.78 is 0. The molecular weight excluding hydrogens is 340 g/mol. The van der Waals surface area contributed by atoms with Crippen LogP contribution in [0.5, 0.6) is 0 Å². The van der Waals surface area contributed by atoms with Gasteiger partial charge in [-0.3, -0.25) is 4.79 Å². The smallest absolute Gasteiger partial charge is 0.260 e. The highest BCUT2D eigenvalue weighted by atomic mass is 32.2. The predicted octanol–water partition coefficient (Wildman–Crippen LogP) is 5.15. The maximum absolute atomic E-state index is 12.3. The summed E-state index contributed by atoms with van der Waals surface area (Å²) in [6.07, 6.45) is 2.98. The monoisotopic (exact) mass is 366 g/mol. The summed E-state index contributed by atoms with van der Waals surface area (Å²) >= 11 is 1.52. The van der Waals surface area contributed by atoms with E-state index in [-0.39, 0.29) is 16.8 Å². The van der Waals surface area contributed by atoms with Crippen LogP contribution in [0.3, 0.4) is 0 Å². The zero-order valence-electron chi connectivity index (χ0n) is 15.8. The predicted molar refractivity (Wildman–Crippen MR) is 112 cm³/mol. The number of carbonyl (C=O) groups excluding carboxylic acids is 1. The number of amides is 1. The summed E-state index contributed by atoms with van der Waals surface area (Å²) in [7, 11) is 0. The standard InChI is InChI=1S/C22H26N2OS/c1-5-15-8-12-18(13-9-15)23-21-24-20(25)19(26-21)14-16-6-10-17(11-7-16)22(2,3)4/h6-14,21,23H,5H2,1-4H3,(H,24,25)/b19-14-/t21-/m1/s1. The van der Waals surface area contributed by atoms with Crippen LogP contribution in [0.1, 0.15) is 44.4 Å². The average molecular weight is 367 g/mol. The molecule has 1 aliphatic heterocycles. The van der Waals surface area contributed by atoms with E-state index in [9.17, 15) is 4.79 Å². The second-order valence-electron chi connectivity index (χ2n) is 7.55. The molecule has 0 aromatic heterocycles. The lowest BCUT2D eigenvalue weighted by Crippen LogP contribution is -2.30.